The molecule has 0 fully saturated rings. The predicted molar refractivity (Wildman–Crippen MR) is 58.8 cm³/mol. The summed E-state index contributed by atoms with van der Waals surface area (Å²) in [6, 6.07) is 2.83. The highest BCUT2D eigenvalue weighted by Gasteiger charge is 2.06. The van der Waals surface area contributed by atoms with Crippen LogP contribution in [0, 0.1) is 18.6 Å². The van der Waals surface area contributed by atoms with Gasteiger partial charge in [-0.3, -0.25) is 0 Å². The highest BCUT2D eigenvalue weighted by Crippen LogP contribution is 2.16. The van der Waals surface area contributed by atoms with Crippen LogP contribution in [-0.2, 0) is 6.42 Å². The van der Waals surface area contributed by atoms with Crippen LogP contribution in [0.3, 0.4) is 0 Å². The van der Waals surface area contributed by atoms with E-state index >= 15 is 0 Å². The Hall–Kier alpha value is -1.18. The van der Waals surface area contributed by atoms with E-state index in [1.807, 2.05) is 6.92 Å². The van der Waals surface area contributed by atoms with Crippen molar-refractivity contribution in [2.75, 3.05) is 0 Å². The van der Waals surface area contributed by atoms with E-state index in [4.69, 9.17) is 0 Å². The molecule has 0 aliphatic heterocycles. The van der Waals surface area contributed by atoms with E-state index < -0.39 is 11.6 Å². The Balaban J connectivity index is 2.66. The number of rotatable bonds is 4. The van der Waals surface area contributed by atoms with Gasteiger partial charge in [-0.15, -0.1) is 6.58 Å². The molecule has 82 valence electrons. The fourth-order valence-electron chi connectivity index (χ4n) is 1.44. The predicted octanol–water partition coefficient (Wildman–Crippen LogP) is 4.17. The van der Waals surface area contributed by atoms with Crippen molar-refractivity contribution >= 4 is 0 Å². The topological polar surface area (TPSA) is 0 Å². The van der Waals surface area contributed by atoms with Gasteiger partial charge in [-0.25, -0.2) is 8.78 Å². The molecule has 0 nitrogen and oxygen atoms in total. The molecule has 0 heterocycles. The Morgan fingerprint density at radius 1 is 1.27 bits per heavy atom. The average Bonchev–Trinajstić information content (AvgIpc) is 2.13. The van der Waals surface area contributed by atoms with Crippen LogP contribution in [0.2, 0.25) is 0 Å². The quantitative estimate of drug-likeness (QED) is 0.654. The molecule has 1 rings (SSSR count). The number of hydrogen-bond acceptors (Lipinski definition) is 0. The summed E-state index contributed by atoms with van der Waals surface area (Å²) in [5.41, 5.74) is 1.92. The molecule has 0 bridgehead atoms. The van der Waals surface area contributed by atoms with Crippen LogP contribution < -0.4 is 0 Å². The first kappa shape index (κ1) is 11.9. The molecular weight excluding hydrogens is 194 g/mol. The van der Waals surface area contributed by atoms with E-state index in [9.17, 15) is 8.78 Å². The van der Waals surface area contributed by atoms with Crippen molar-refractivity contribution in [3.05, 3.63) is 47.0 Å². The van der Waals surface area contributed by atoms with Gasteiger partial charge in [0.2, 0.25) is 0 Å². The summed E-state index contributed by atoms with van der Waals surface area (Å²) in [7, 11) is 0. The van der Waals surface area contributed by atoms with Gasteiger partial charge in [-0.05, 0) is 50.8 Å². The average molecular weight is 210 g/mol. The molecule has 15 heavy (non-hydrogen) atoms. The third-order valence-corrected chi connectivity index (χ3v) is 2.41. The minimum Gasteiger partial charge on any atom is -0.207 e. The first-order valence-corrected chi connectivity index (χ1v) is 5.09. The number of halogens is 2. The zero-order chi connectivity index (χ0) is 11.4. The van der Waals surface area contributed by atoms with Crippen LogP contribution in [0.1, 0.15) is 30.9 Å². The summed E-state index contributed by atoms with van der Waals surface area (Å²) < 4.78 is 26.3. The summed E-state index contributed by atoms with van der Waals surface area (Å²) in [4.78, 5) is 0. The van der Waals surface area contributed by atoms with Crippen molar-refractivity contribution in [1.82, 2.24) is 0 Å². The summed E-state index contributed by atoms with van der Waals surface area (Å²) >= 11 is 0. The fourth-order valence-corrected chi connectivity index (χ4v) is 1.44. The van der Waals surface area contributed by atoms with Gasteiger partial charge in [0.1, 0.15) is 11.6 Å². The Morgan fingerprint density at radius 3 is 2.27 bits per heavy atom. The van der Waals surface area contributed by atoms with E-state index in [-0.39, 0.29) is 5.56 Å². The molecule has 2 heteroatoms. The lowest BCUT2D eigenvalue weighted by Crippen LogP contribution is -1.94. The maximum absolute atomic E-state index is 13.2. The van der Waals surface area contributed by atoms with Gasteiger partial charge in [0.05, 0.1) is 0 Å². The molecule has 0 aromatic heterocycles. The number of benzene rings is 1. The van der Waals surface area contributed by atoms with Crippen molar-refractivity contribution in [1.29, 1.82) is 0 Å². The second-order valence-electron chi connectivity index (χ2n) is 4.00. The molecule has 0 amide bonds. The summed E-state index contributed by atoms with van der Waals surface area (Å²) in [5.74, 6) is -0.916. The molecule has 1 aromatic carbocycles. The fraction of sp³-hybridized carbons (Fsp3) is 0.385. The standard InChI is InChI=1S/C13H16F2/c1-9(2)5-4-6-11-7-12(14)10(3)13(15)8-11/h7-8H,1,4-6H2,2-3H3. The van der Waals surface area contributed by atoms with Gasteiger partial charge in [0, 0.05) is 5.56 Å². The van der Waals surface area contributed by atoms with Crippen molar-refractivity contribution in [3.8, 4) is 0 Å². The van der Waals surface area contributed by atoms with E-state index in [0.717, 1.165) is 24.0 Å². The number of aryl methyl sites for hydroxylation is 1. The van der Waals surface area contributed by atoms with Gasteiger partial charge >= 0.3 is 0 Å². The van der Waals surface area contributed by atoms with E-state index in [0.29, 0.717) is 6.42 Å². The third kappa shape index (κ3) is 3.46. The first-order chi connectivity index (χ1) is 7.00. The molecule has 0 unspecified atom stereocenters. The number of allylic oxidation sites excluding steroid dienone is 1. The molecule has 0 aliphatic carbocycles. The van der Waals surface area contributed by atoms with Crippen LogP contribution >= 0.6 is 0 Å². The Morgan fingerprint density at radius 2 is 1.80 bits per heavy atom. The van der Waals surface area contributed by atoms with Crippen molar-refractivity contribution in [3.63, 3.8) is 0 Å². The lowest BCUT2D eigenvalue weighted by Gasteiger charge is -2.04. The second-order valence-corrected chi connectivity index (χ2v) is 4.00. The van der Waals surface area contributed by atoms with Gasteiger partial charge in [0.15, 0.2) is 0 Å². The second kappa shape index (κ2) is 5.06. The van der Waals surface area contributed by atoms with Crippen LogP contribution in [0.25, 0.3) is 0 Å². The lowest BCUT2D eigenvalue weighted by molar-refractivity contribution is 0.563. The Labute approximate surface area is 89.6 Å². The minimum atomic E-state index is -0.458. The Bertz CT molecular complexity index is 344. The maximum atomic E-state index is 13.2. The smallest absolute Gasteiger partial charge is 0.129 e. The molecule has 0 N–H and O–H groups in total. The van der Waals surface area contributed by atoms with Crippen molar-refractivity contribution in [2.24, 2.45) is 0 Å². The maximum Gasteiger partial charge on any atom is 0.129 e. The van der Waals surface area contributed by atoms with Crippen LogP contribution in [-0.4, -0.2) is 0 Å². The van der Waals surface area contributed by atoms with Crippen molar-refractivity contribution < 1.29 is 8.78 Å². The number of hydrogen-bond donors (Lipinski definition) is 0. The molecule has 0 saturated heterocycles. The molecule has 0 radical (unpaired) electrons. The van der Waals surface area contributed by atoms with E-state index in [2.05, 4.69) is 6.58 Å². The lowest BCUT2D eigenvalue weighted by atomic mass is 10.0. The third-order valence-electron chi connectivity index (χ3n) is 2.41. The van der Waals surface area contributed by atoms with Crippen LogP contribution in [0.5, 0.6) is 0 Å². The normalized spacial score (nSPS) is 10.4. The van der Waals surface area contributed by atoms with Crippen molar-refractivity contribution in [2.45, 2.75) is 33.1 Å². The summed E-state index contributed by atoms with van der Waals surface area (Å²) in [6.45, 7) is 7.19. The highest BCUT2D eigenvalue weighted by atomic mass is 19.1. The SMILES string of the molecule is C=C(C)CCCc1cc(F)c(C)c(F)c1. The molecule has 0 aliphatic rings. The van der Waals surface area contributed by atoms with E-state index in [1.165, 1.54) is 19.1 Å². The molecule has 1 aromatic rings. The largest absolute Gasteiger partial charge is 0.207 e. The summed E-state index contributed by atoms with van der Waals surface area (Å²) in [5, 5.41) is 0. The Kier molecular flexibility index (Phi) is 4.01. The van der Waals surface area contributed by atoms with Crippen LogP contribution in [0.4, 0.5) is 8.78 Å². The minimum absolute atomic E-state index is 0.0960. The zero-order valence-electron chi connectivity index (χ0n) is 9.24. The molecule has 0 atom stereocenters. The van der Waals surface area contributed by atoms with Gasteiger partial charge in [-0.2, -0.15) is 0 Å². The molecule has 0 spiro atoms. The summed E-state index contributed by atoms with van der Waals surface area (Å²) in [6.07, 6.45) is 2.48. The van der Waals surface area contributed by atoms with E-state index in [1.54, 1.807) is 0 Å². The zero-order valence-corrected chi connectivity index (χ0v) is 9.24. The van der Waals surface area contributed by atoms with Gasteiger partial charge in [-0.1, -0.05) is 5.57 Å². The first-order valence-electron chi connectivity index (χ1n) is 5.09. The molecular formula is C13H16F2. The monoisotopic (exact) mass is 210 g/mol. The van der Waals surface area contributed by atoms with Gasteiger partial charge < -0.3 is 0 Å². The molecule has 0 saturated carbocycles. The van der Waals surface area contributed by atoms with Gasteiger partial charge in [0.25, 0.3) is 0 Å². The van der Waals surface area contributed by atoms with Crippen LogP contribution in [0.15, 0.2) is 24.3 Å². The highest BCUT2D eigenvalue weighted by molar-refractivity contribution is 5.25.